The van der Waals surface area contributed by atoms with Gasteiger partial charge in [-0.3, -0.25) is 14.8 Å². The maximum Gasteiger partial charge on any atom is 0.270 e. The molecule has 9 heteroatoms. The number of nitrogens with zero attached hydrogens (tertiary/aromatic N) is 4. The Morgan fingerprint density at radius 1 is 1.03 bits per heavy atom. The van der Waals surface area contributed by atoms with Crippen LogP contribution in [-0.2, 0) is 22.8 Å². The van der Waals surface area contributed by atoms with E-state index in [9.17, 15) is 13.2 Å². The molecule has 1 aliphatic heterocycles. The van der Waals surface area contributed by atoms with E-state index < -0.39 is 9.84 Å². The lowest BCUT2D eigenvalue weighted by Crippen LogP contribution is -2.28. The number of fused-ring (bicyclic) bond motifs is 1. The number of pyridine rings is 3. The molecule has 0 aromatic carbocycles. The summed E-state index contributed by atoms with van der Waals surface area (Å²) in [7, 11) is -3.30. The number of rotatable bonds is 7. The van der Waals surface area contributed by atoms with Crippen LogP contribution in [0.4, 0.5) is 11.4 Å². The van der Waals surface area contributed by atoms with Crippen LogP contribution in [-0.4, -0.2) is 42.1 Å². The Bertz CT molecular complexity index is 1400. The third-order valence-corrected chi connectivity index (χ3v) is 8.18. The lowest BCUT2D eigenvalue weighted by molar-refractivity contribution is 0.0945. The number of aromatic nitrogens is 3. The summed E-state index contributed by atoms with van der Waals surface area (Å²) in [5.74, 6) is 0.931. The second-order valence-electron chi connectivity index (χ2n) is 10.1. The van der Waals surface area contributed by atoms with Crippen molar-refractivity contribution in [2.45, 2.75) is 61.8 Å². The topological polar surface area (TPSA) is 105 Å². The van der Waals surface area contributed by atoms with E-state index in [-0.39, 0.29) is 17.3 Å². The average molecular weight is 504 g/mol. The Kier molecular flexibility index (Phi) is 5.75. The van der Waals surface area contributed by atoms with Crippen molar-refractivity contribution < 1.29 is 13.2 Å². The molecule has 4 heterocycles. The van der Waals surface area contributed by atoms with Crippen LogP contribution < -0.4 is 10.2 Å². The van der Waals surface area contributed by atoms with Gasteiger partial charge in [-0.05, 0) is 74.9 Å². The van der Waals surface area contributed by atoms with Gasteiger partial charge in [0.05, 0.1) is 28.5 Å². The SMILES string of the molecule is CS(=O)(=O)c1ccc(CNC(=O)c2ccc3c(n2)CCCN3c2cc(C3CC3)nc(C3CC3)c2)nc1. The Labute approximate surface area is 211 Å². The van der Waals surface area contributed by atoms with Crippen molar-refractivity contribution in [2.75, 3.05) is 17.7 Å². The van der Waals surface area contributed by atoms with Crippen LogP contribution >= 0.6 is 0 Å². The molecule has 8 nitrogen and oxygen atoms in total. The van der Waals surface area contributed by atoms with Crippen LogP contribution in [0.25, 0.3) is 0 Å². The van der Waals surface area contributed by atoms with E-state index in [0.29, 0.717) is 23.2 Å². The molecular weight excluding hydrogens is 474 g/mol. The lowest BCUT2D eigenvalue weighted by atomic mass is 10.0. The van der Waals surface area contributed by atoms with Gasteiger partial charge in [0.15, 0.2) is 9.84 Å². The summed E-state index contributed by atoms with van der Waals surface area (Å²) in [6.45, 7) is 1.12. The first-order valence-corrected chi connectivity index (χ1v) is 14.5. The molecule has 3 aliphatic rings. The molecule has 0 unspecified atom stereocenters. The first-order chi connectivity index (χ1) is 17.3. The van der Waals surface area contributed by atoms with Crippen molar-refractivity contribution in [1.82, 2.24) is 20.3 Å². The maximum absolute atomic E-state index is 12.8. The van der Waals surface area contributed by atoms with Crippen LogP contribution in [0.15, 0.2) is 47.5 Å². The van der Waals surface area contributed by atoms with E-state index in [1.165, 1.54) is 55.0 Å². The van der Waals surface area contributed by atoms with Crippen molar-refractivity contribution in [3.8, 4) is 0 Å². The number of carbonyl (C=O) groups is 1. The zero-order valence-electron chi connectivity index (χ0n) is 20.3. The highest BCUT2D eigenvalue weighted by Gasteiger charge is 2.31. The van der Waals surface area contributed by atoms with Crippen molar-refractivity contribution in [3.63, 3.8) is 0 Å². The minimum atomic E-state index is -3.30. The fourth-order valence-electron chi connectivity index (χ4n) is 4.73. The minimum absolute atomic E-state index is 0.154. The Hall–Kier alpha value is -3.33. The number of amides is 1. The van der Waals surface area contributed by atoms with E-state index in [4.69, 9.17) is 9.97 Å². The average Bonchev–Trinajstić information content (AvgIpc) is 3.78. The van der Waals surface area contributed by atoms with Gasteiger partial charge in [0.25, 0.3) is 5.91 Å². The molecule has 186 valence electrons. The number of hydrogen-bond acceptors (Lipinski definition) is 7. The summed E-state index contributed by atoms with van der Waals surface area (Å²) >= 11 is 0. The zero-order valence-corrected chi connectivity index (χ0v) is 21.1. The molecule has 0 bridgehead atoms. The van der Waals surface area contributed by atoms with Gasteiger partial charge in [0.2, 0.25) is 0 Å². The molecule has 3 aromatic rings. The molecule has 2 saturated carbocycles. The molecule has 3 aromatic heterocycles. The largest absolute Gasteiger partial charge is 0.345 e. The van der Waals surface area contributed by atoms with E-state index in [2.05, 4.69) is 27.3 Å². The number of carbonyl (C=O) groups excluding carboxylic acids is 1. The maximum atomic E-state index is 12.8. The molecular formula is C27H29N5O3S. The van der Waals surface area contributed by atoms with Gasteiger partial charge in [-0.15, -0.1) is 0 Å². The summed E-state index contributed by atoms with van der Waals surface area (Å²) in [6.07, 6.45) is 9.18. The van der Waals surface area contributed by atoms with Crippen LogP contribution in [0, 0.1) is 0 Å². The number of hydrogen-bond donors (Lipinski definition) is 1. The third-order valence-electron chi connectivity index (χ3n) is 7.08. The van der Waals surface area contributed by atoms with Gasteiger partial charge in [0, 0.05) is 47.9 Å². The quantitative estimate of drug-likeness (QED) is 0.519. The van der Waals surface area contributed by atoms with Crippen LogP contribution in [0.2, 0.25) is 0 Å². The molecule has 2 aliphatic carbocycles. The van der Waals surface area contributed by atoms with Gasteiger partial charge < -0.3 is 10.2 Å². The molecule has 2 fully saturated rings. The first-order valence-electron chi connectivity index (χ1n) is 12.6. The van der Waals surface area contributed by atoms with E-state index in [1.54, 1.807) is 12.1 Å². The number of sulfone groups is 1. The minimum Gasteiger partial charge on any atom is -0.345 e. The molecule has 0 atom stereocenters. The summed E-state index contributed by atoms with van der Waals surface area (Å²) in [5.41, 5.74) is 6.59. The number of aryl methyl sites for hydroxylation is 1. The summed E-state index contributed by atoms with van der Waals surface area (Å²) < 4.78 is 23.2. The van der Waals surface area contributed by atoms with Crippen LogP contribution in [0.1, 0.15) is 77.2 Å². The fraction of sp³-hybridized carbons (Fsp3) is 0.407. The number of anilines is 2. The highest BCUT2D eigenvalue weighted by molar-refractivity contribution is 7.90. The van der Waals surface area contributed by atoms with E-state index in [1.807, 2.05) is 6.07 Å². The monoisotopic (exact) mass is 503 g/mol. The van der Waals surface area contributed by atoms with Crippen molar-refractivity contribution in [1.29, 1.82) is 0 Å². The Balaban J connectivity index is 1.19. The van der Waals surface area contributed by atoms with Gasteiger partial charge in [-0.25, -0.2) is 13.4 Å². The van der Waals surface area contributed by atoms with Crippen molar-refractivity contribution in [3.05, 3.63) is 71.1 Å². The Morgan fingerprint density at radius 2 is 1.75 bits per heavy atom. The van der Waals surface area contributed by atoms with Gasteiger partial charge in [0.1, 0.15) is 5.69 Å². The zero-order chi connectivity index (χ0) is 24.9. The Morgan fingerprint density at radius 3 is 2.36 bits per heavy atom. The number of nitrogens with one attached hydrogen (secondary N) is 1. The predicted molar refractivity (Wildman–Crippen MR) is 136 cm³/mol. The molecule has 6 rings (SSSR count). The van der Waals surface area contributed by atoms with Crippen LogP contribution in [0.5, 0.6) is 0 Å². The fourth-order valence-corrected chi connectivity index (χ4v) is 5.29. The van der Waals surface area contributed by atoms with Crippen LogP contribution in [0.3, 0.4) is 0 Å². The van der Waals surface area contributed by atoms with Crippen molar-refractivity contribution >= 4 is 27.1 Å². The molecule has 0 radical (unpaired) electrons. The smallest absolute Gasteiger partial charge is 0.270 e. The van der Waals surface area contributed by atoms with Gasteiger partial charge in [-0.1, -0.05) is 0 Å². The van der Waals surface area contributed by atoms with Gasteiger partial charge in [-0.2, -0.15) is 0 Å². The second kappa shape index (κ2) is 8.96. The summed E-state index contributed by atoms with van der Waals surface area (Å²) in [4.78, 5) is 29.1. The van der Waals surface area contributed by atoms with Gasteiger partial charge >= 0.3 is 0 Å². The molecule has 0 spiro atoms. The summed E-state index contributed by atoms with van der Waals surface area (Å²) in [5, 5.41) is 2.84. The van der Waals surface area contributed by atoms with Crippen molar-refractivity contribution in [2.24, 2.45) is 0 Å². The highest BCUT2D eigenvalue weighted by atomic mass is 32.2. The second-order valence-corrected chi connectivity index (χ2v) is 12.1. The summed E-state index contributed by atoms with van der Waals surface area (Å²) in [6, 6.07) is 11.4. The predicted octanol–water partition coefficient (Wildman–Crippen LogP) is 4.04. The molecule has 1 N–H and O–H groups in total. The lowest BCUT2D eigenvalue weighted by Gasteiger charge is -2.31. The highest BCUT2D eigenvalue weighted by Crippen LogP contribution is 2.45. The third kappa shape index (κ3) is 4.84. The molecule has 0 saturated heterocycles. The molecule has 1 amide bonds. The standard InChI is InChI=1S/C27H29N5O3S/c1-36(34,35)21-9-8-19(28-16-21)15-29-27(33)23-10-11-26-22(30-23)3-2-12-32(26)20-13-24(17-4-5-17)31-25(14-20)18-6-7-18/h8-11,13-14,16-18H,2-7,12,15H2,1H3,(H,29,33). The normalized spacial score (nSPS) is 17.5. The molecule has 36 heavy (non-hydrogen) atoms. The first kappa shape index (κ1) is 23.1. The van der Waals surface area contributed by atoms with E-state index >= 15 is 0 Å². The van der Waals surface area contributed by atoms with E-state index in [0.717, 1.165) is 37.0 Å².